The topological polar surface area (TPSA) is 186 Å². The van der Waals surface area contributed by atoms with E-state index >= 15 is 0 Å². The van der Waals surface area contributed by atoms with Gasteiger partial charge in [-0.2, -0.15) is 0 Å². The van der Waals surface area contributed by atoms with E-state index in [9.17, 15) is 14.4 Å². The first-order chi connectivity index (χ1) is 15.9. The van der Waals surface area contributed by atoms with E-state index in [-0.39, 0.29) is 31.5 Å². The SMILES string of the molecule is NCCCCCCCNCC(=O)N(CCCCN)CC(=O)N[C@@H](CCCCN)COC(=O)O. The first kappa shape index (κ1) is 31.0. The van der Waals surface area contributed by atoms with Crippen molar-refractivity contribution in [3.8, 4) is 0 Å². The Balaban J connectivity index is 4.58. The second-order valence-corrected chi connectivity index (χ2v) is 8.17. The first-order valence-corrected chi connectivity index (χ1v) is 12.2. The Morgan fingerprint density at radius 3 is 2.12 bits per heavy atom. The standard InChI is InChI=1S/C22H46N6O5/c23-11-5-2-1-3-8-14-26-16-21(30)28(15-9-7-13-25)17-20(29)27-19(10-4-6-12-24)18-33-22(31)32/h19,26H,1-18,23-25H2,(H,27,29)(H,31,32)/t19-/m0/s1. The van der Waals surface area contributed by atoms with Crippen molar-refractivity contribution in [2.24, 2.45) is 17.2 Å². The average Bonchev–Trinajstić information content (AvgIpc) is 2.78. The number of carbonyl (C=O) groups excluding carboxylic acids is 2. The number of hydrogen-bond donors (Lipinski definition) is 6. The molecule has 0 fully saturated rings. The number of nitrogens with zero attached hydrogens (tertiary/aromatic N) is 1. The summed E-state index contributed by atoms with van der Waals surface area (Å²) in [6, 6.07) is -0.460. The van der Waals surface area contributed by atoms with Crippen molar-refractivity contribution in [1.82, 2.24) is 15.5 Å². The van der Waals surface area contributed by atoms with Gasteiger partial charge >= 0.3 is 6.16 Å². The van der Waals surface area contributed by atoms with Crippen molar-refractivity contribution in [3.05, 3.63) is 0 Å². The summed E-state index contributed by atoms with van der Waals surface area (Å²) in [6.45, 7) is 2.88. The van der Waals surface area contributed by atoms with Gasteiger partial charge in [0.25, 0.3) is 0 Å². The Kier molecular flexibility index (Phi) is 20.6. The molecular weight excluding hydrogens is 428 g/mol. The van der Waals surface area contributed by atoms with Crippen LogP contribution in [0.25, 0.3) is 0 Å². The Hall–Kier alpha value is -1.95. The number of amides is 2. The maximum Gasteiger partial charge on any atom is 0.505 e. The zero-order chi connectivity index (χ0) is 24.7. The summed E-state index contributed by atoms with van der Waals surface area (Å²) in [4.78, 5) is 37.5. The molecule has 0 aliphatic heterocycles. The van der Waals surface area contributed by atoms with E-state index in [1.54, 1.807) is 0 Å². The van der Waals surface area contributed by atoms with Crippen LogP contribution < -0.4 is 27.8 Å². The van der Waals surface area contributed by atoms with Crippen LogP contribution in [0.1, 0.15) is 64.2 Å². The number of rotatable bonds is 22. The zero-order valence-electron chi connectivity index (χ0n) is 20.1. The number of hydrogen-bond acceptors (Lipinski definition) is 8. The third-order valence-corrected chi connectivity index (χ3v) is 5.18. The Bertz CT molecular complexity index is 524. The maximum atomic E-state index is 12.7. The van der Waals surface area contributed by atoms with Gasteiger partial charge in [-0.3, -0.25) is 9.59 Å². The van der Waals surface area contributed by atoms with Crippen molar-refractivity contribution >= 4 is 18.0 Å². The minimum Gasteiger partial charge on any atom is -0.450 e. The van der Waals surface area contributed by atoms with Crippen molar-refractivity contribution < 1.29 is 24.2 Å². The highest BCUT2D eigenvalue weighted by atomic mass is 16.7. The molecule has 0 rings (SSSR count). The summed E-state index contributed by atoms with van der Waals surface area (Å²) >= 11 is 0. The average molecular weight is 475 g/mol. The molecule has 0 heterocycles. The second kappa shape index (κ2) is 21.9. The van der Waals surface area contributed by atoms with Crippen LogP contribution in [0.5, 0.6) is 0 Å². The lowest BCUT2D eigenvalue weighted by atomic mass is 10.1. The lowest BCUT2D eigenvalue weighted by Gasteiger charge is -2.24. The van der Waals surface area contributed by atoms with Crippen LogP contribution in [0.15, 0.2) is 0 Å². The number of carboxylic acid groups (broad SMARTS) is 1. The fourth-order valence-corrected chi connectivity index (χ4v) is 3.32. The quantitative estimate of drug-likeness (QED) is 0.0951. The van der Waals surface area contributed by atoms with Gasteiger partial charge in [0.05, 0.1) is 19.1 Å². The molecular formula is C22H46N6O5. The minimum absolute atomic E-state index is 0.0926. The Labute approximate surface area is 198 Å². The van der Waals surface area contributed by atoms with E-state index in [1.807, 2.05) is 0 Å². The molecule has 11 heteroatoms. The van der Waals surface area contributed by atoms with E-state index in [1.165, 1.54) is 4.90 Å². The van der Waals surface area contributed by atoms with Crippen LogP contribution >= 0.6 is 0 Å². The predicted octanol–water partition coefficient (Wildman–Crippen LogP) is 0.361. The van der Waals surface area contributed by atoms with E-state index in [2.05, 4.69) is 15.4 Å². The van der Waals surface area contributed by atoms with Crippen molar-refractivity contribution in [1.29, 1.82) is 0 Å². The first-order valence-electron chi connectivity index (χ1n) is 12.2. The van der Waals surface area contributed by atoms with Crippen molar-refractivity contribution in [2.45, 2.75) is 70.3 Å². The zero-order valence-corrected chi connectivity index (χ0v) is 20.1. The van der Waals surface area contributed by atoms with Gasteiger partial charge in [-0.15, -0.1) is 0 Å². The molecule has 194 valence electrons. The molecule has 0 spiro atoms. The van der Waals surface area contributed by atoms with E-state index in [0.717, 1.165) is 64.5 Å². The molecule has 2 amide bonds. The van der Waals surface area contributed by atoms with Gasteiger partial charge in [-0.05, 0) is 64.7 Å². The third-order valence-electron chi connectivity index (χ3n) is 5.18. The largest absolute Gasteiger partial charge is 0.505 e. The lowest BCUT2D eigenvalue weighted by molar-refractivity contribution is -0.135. The highest BCUT2D eigenvalue weighted by Crippen LogP contribution is 2.04. The molecule has 0 aromatic heterocycles. The molecule has 1 atom stereocenters. The molecule has 9 N–H and O–H groups in total. The Morgan fingerprint density at radius 2 is 1.45 bits per heavy atom. The van der Waals surface area contributed by atoms with Gasteiger partial charge in [0.1, 0.15) is 6.61 Å². The predicted molar refractivity (Wildman–Crippen MR) is 129 cm³/mol. The Morgan fingerprint density at radius 1 is 0.848 bits per heavy atom. The van der Waals surface area contributed by atoms with Crippen LogP contribution in [0.4, 0.5) is 4.79 Å². The summed E-state index contributed by atoms with van der Waals surface area (Å²) in [6.07, 6.45) is 7.51. The normalized spacial score (nSPS) is 11.7. The third kappa shape index (κ3) is 19.2. The summed E-state index contributed by atoms with van der Waals surface area (Å²) < 4.78 is 4.63. The number of nitrogens with one attached hydrogen (secondary N) is 2. The molecule has 0 saturated heterocycles. The number of carbonyl (C=O) groups is 3. The summed E-state index contributed by atoms with van der Waals surface area (Å²) in [5, 5.41) is 14.7. The molecule has 0 unspecified atom stereocenters. The number of nitrogens with two attached hydrogens (primary N) is 3. The summed E-state index contributed by atoms with van der Waals surface area (Å²) in [5.74, 6) is -0.491. The highest BCUT2D eigenvalue weighted by Gasteiger charge is 2.20. The molecule has 0 radical (unpaired) electrons. The maximum absolute atomic E-state index is 12.7. The molecule has 0 aliphatic rings. The van der Waals surface area contributed by atoms with Gasteiger partial charge in [-0.25, -0.2) is 4.79 Å². The van der Waals surface area contributed by atoms with Crippen molar-refractivity contribution in [2.75, 3.05) is 52.4 Å². The van der Waals surface area contributed by atoms with Crippen LogP contribution in [0.3, 0.4) is 0 Å². The fraction of sp³-hybridized carbons (Fsp3) is 0.864. The van der Waals surface area contributed by atoms with E-state index in [0.29, 0.717) is 32.5 Å². The molecule has 0 saturated carbocycles. The van der Waals surface area contributed by atoms with Gasteiger partial charge < -0.3 is 42.6 Å². The van der Waals surface area contributed by atoms with Crippen LogP contribution in [0, 0.1) is 0 Å². The van der Waals surface area contributed by atoms with Crippen LogP contribution in [0.2, 0.25) is 0 Å². The second-order valence-electron chi connectivity index (χ2n) is 8.17. The minimum atomic E-state index is -1.39. The lowest BCUT2D eigenvalue weighted by Crippen LogP contribution is -2.48. The van der Waals surface area contributed by atoms with Gasteiger partial charge in [0, 0.05) is 6.54 Å². The molecule has 0 aromatic rings. The van der Waals surface area contributed by atoms with E-state index in [4.69, 9.17) is 22.3 Å². The number of ether oxygens (including phenoxy) is 1. The molecule has 33 heavy (non-hydrogen) atoms. The van der Waals surface area contributed by atoms with E-state index < -0.39 is 12.2 Å². The van der Waals surface area contributed by atoms with Crippen molar-refractivity contribution in [3.63, 3.8) is 0 Å². The van der Waals surface area contributed by atoms with Crippen LogP contribution in [-0.2, 0) is 14.3 Å². The van der Waals surface area contributed by atoms with Gasteiger partial charge in [0.15, 0.2) is 0 Å². The summed E-state index contributed by atoms with van der Waals surface area (Å²) in [5.41, 5.74) is 16.6. The monoisotopic (exact) mass is 474 g/mol. The van der Waals surface area contributed by atoms with Gasteiger partial charge in [0.2, 0.25) is 11.8 Å². The molecule has 11 nitrogen and oxygen atoms in total. The smallest absolute Gasteiger partial charge is 0.450 e. The van der Waals surface area contributed by atoms with Gasteiger partial charge in [-0.1, -0.05) is 25.7 Å². The highest BCUT2D eigenvalue weighted by molar-refractivity contribution is 5.85. The number of unbranched alkanes of at least 4 members (excludes halogenated alkanes) is 6. The molecule has 0 aromatic carbocycles. The fourth-order valence-electron chi connectivity index (χ4n) is 3.32. The molecule has 0 aliphatic carbocycles. The van der Waals surface area contributed by atoms with Crippen LogP contribution in [-0.4, -0.2) is 86.4 Å². The molecule has 0 bridgehead atoms. The summed E-state index contributed by atoms with van der Waals surface area (Å²) in [7, 11) is 0.